The van der Waals surface area contributed by atoms with Crippen molar-refractivity contribution >= 4 is 0 Å². The van der Waals surface area contributed by atoms with Gasteiger partial charge in [0, 0.05) is 31.8 Å². The monoisotopic (exact) mass is 339 g/mol. The minimum absolute atomic E-state index is 0.160. The molecule has 0 spiro atoms. The third-order valence-corrected chi connectivity index (χ3v) is 4.02. The Morgan fingerprint density at radius 2 is 2.12 bits per heavy atom. The van der Waals surface area contributed by atoms with E-state index in [1.165, 1.54) is 6.07 Å². The molecule has 5 heteroatoms. The molecule has 1 saturated heterocycles. The van der Waals surface area contributed by atoms with Gasteiger partial charge >= 0.3 is 0 Å². The summed E-state index contributed by atoms with van der Waals surface area (Å²) in [5, 5.41) is 10.3. The van der Waals surface area contributed by atoms with Crippen molar-refractivity contribution in [3.8, 4) is 0 Å². The van der Waals surface area contributed by atoms with Crippen molar-refractivity contribution in [2.45, 2.75) is 58.0 Å². The van der Waals surface area contributed by atoms with E-state index in [9.17, 15) is 9.50 Å². The van der Waals surface area contributed by atoms with E-state index >= 15 is 0 Å². The first-order chi connectivity index (χ1) is 11.3. The van der Waals surface area contributed by atoms with Crippen molar-refractivity contribution in [2.24, 2.45) is 0 Å². The van der Waals surface area contributed by atoms with E-state index in [1.54, 1.807) is 12.1 Å². The summed E-state index contributed by atoms with van der Waals surface area (Å²) in [4.78, 5) is 2.06. The molecule has 1 fully saturated rings. The van der Waals surface area contributed by atoms with Crippen molar-refractivity contribution in [1.82, 2.24) is 4.90 Å². The minimum atomic E-state index is -0.614. The van der Waals surface area contributed by atoms with Gasteiger partial charge in [0.25, 0.3) is 0 Å². The number of rotatable bonds is 8. The molecule has 24 heavy (non-hydrogen) atoms. The number of hydrogen-bond donors (Lipinski definition) is 1. The van der Waals surface area contributed by atoms with Crippen LogP contribution in [0.25, 0.3) is 0 Å². The van der Waals surface area contributed by atoms with E-state index in [-0.39, 0.29) is 24.1 Å². The van der Waals surface area contributed by atoms with E-state index in [1.807, 2.05) is 26.8 Å². The molecule has 1 heterocycles. The predicted octanol–water partition coefficient (Wildman–Crippen LogP) is 2.98. The molecule has 0 amide bonds. The summed E-state index contributed by atoms with van der Waals surface area (Å²) in [7, 11) is 0. The van der Waals surface area contributed by atoms with Crippen LogP contribution in [0, 0.1) is 5.82 Å². The first-order valence-corrected chi connectivity index (χ1v) is 8.73. The quantitative estimate of drug-likeness (QED) is 0.791. The highest BCUT2D eigenvalue weighted by Gasteiger charge is 2.23. The summed E-state index contributed by atoms with van der Waals surface area (Å²) in [6.45, 7) is 8.52. The van der Waals surface area contributed by atoms with Crippen LogP contribution in [0.3, 0.4) is 0 Å². The Labute approximate surface area is 144 Å². The predicted molar refractivity (Wildman–Crippen MR) is 92.4 cm³/mol. The number of aliphatic hydroxyl groups excluding tert-OH is 1. The van der Waals surface area contributed by atoms with E-state index in [0.717, 1.165) is 19.4 Å². The maximum Gasteiger partial charge on any atom is 0.127 e. The smallest absolute Gasteiger partial charge is 0.127 e. The van der Waals surface area contributed by atoms with Gasteiger partial charge in [0.05, 0.1) is 24.4 Å². The fourth-order valence-corrected chi connectivity index (χ4v) is 2.84. The Balaban J connectivity index is 1.95. The number of nitrogens with zero attached hydrogens (tertiary/aromatic N) is 1. The standard InChI is InChI=1S/C19H30FNO3/c1-19(2,3)24-14-16(22)12-21(13-17-8-6-10-23-17)11-15-7-4-5-9-18(15)20/h4-5,7,9,16-17,22H,6,8,10-14H2,1-3H3. The number of hydrogen-bond acceptors (Lipinski definition) is 4. The fourth-order valence-electron chi connectivity index (χ4n) is 2.84. The Morgan fingerprint density at radius 1 is 1.38 bits per heavy atom. The van der Waals surface area contributed by atoms with Crippen molar-refractivity contribution in [3.63, 3.8) is 0 Å². The van der Waals surface area contributed by atoms with Crippen LogP contribution >= 0.6 is 0 Å². The molecule has 0 aromatic heterocycles. The average molecular weight is 339 g/mol. The summed E-state index contributed by atoms with van der Waals surface area (Å²) in [5.41, 5.74) is 0.353. The van der Waals surface area contributed by atoms with Gasteiger partial charge < -0.3 is 14.6 Å². The van der Waals surface area contributed by atoms with Gasteiger partial charge in [-0.1, -0.05) is 18.2 Å². The topological polar surface area (TPSA) is 41.9 Å². The van der Waals surface area contributed by atoms with Crippen LogP contribution in [0.4, 0.5) is 4.39 Å². The van der Waals surface area contributed by atoms with E-state index in [4.69, 9.17) is 9.47 Å². The Bertz CT molecular complexity index is 498. The number of aliphatic hydroxyl groups is 1. The molecule has 4 nitrogen and oxygen atoms in total. The molecule has 136 valence electrons. The molecule has 2 rings (SSSR count). The Kier molecular flexibility index (Phi) is 7.16. The van der Waals surface area contributed by atoms with Crippen LogP contribution in [0.5, 0.6) is 0 Å². The highest BCUT2D eigenvalue weighted by Crippen LogP contribution is 2.17. The van der Waals surface area contributed by atoms with Crippen LogP contribution < -0.4 is 0 Å². The average Bonchev–Trinajstić information content (AvgIpc) is 3.00. The highest BCUT2D eigenvalue weighted by molar-refractivity contribution is 5.17. The maximum absolute atomic E-state index is 14.0. The van der Waals surface area contributed by atoms with Gasteiger partial charge in [-0.15, -0.1) is 0 Å². The van der Waals surface area contributed by atoms with Gasteiger partial charge in [0.15, 0.2) is 0 Å². The molecule has 2 atom stereocenters. The van der Waals surface area contributed by atoms with Crippen molar-refractivity contribution in [3.05, 3.63) is 35.6 Å². The first kappa shape index (κ1) is 19.3. The van der Waals surface area contributed by atoms with Gasteiger partial charge in [0.2, 0.25) is 0 Å². The number of benzene rings is 1. The molecular weight excluding hydrogens is 309 g/mol. The molecule has 1 aliphatic heterocycles. The third-order valence-electron chi connectivity index (χ3n) is 4.02. The second-order valence-corrected chi connectivity index (χ2v) is 7.50. The summed E-state index contributed by atoms with van der Waals surface area (Å²) in [6, 6.07) is 6.78. The van der Waals surface area contributed by atoms with Gasteiger partial charge in [-0.25, -0.2) is 4.39 Å². The number of ether oxygens (including phenoxy) is 2. The molecule has 0 bridgehead atoms. The lowest BCUT2D eigenvalue weighted by Gasteiger charge is -2.29. The second-order valence-electron chi connectivity index (χ2n) is 7.50. The maximum atomic E-state index is 14.0. The third kappa shape index (κ3) is 6.85. The van der Waals surface area contributed by atoms with Gasteiger partial charge in [-0.3, -0.25) is 4.90 Å². The van der Waals surface area contributed by atoms with Crippen molar-refractivity contribution in [1.29, 1.82) is 0 Å². The molecule has 1 aliphatic rings. The number of halogens is 1. The van der Waals surface area contributed by atoms with Crippen LogP contribution in [0.15, 0.2) is 24.3 Å². The molecule has 0 aliphatic carbocycles. The van der Waals surface area contributed by atoms with Gasteiger partial charge in [-0.2, -0.15) is 0 Å². The largest absolute Gasteiger partial charge is 0.389 e. The first-order valence-electron chi connectivity index (χ1n) is 8.73. The zero-order valence-electron chi connectivity index (χ0n) is 15.0. The van der Waals surface area contributed by atoms with Gasteiger partial charge in [0.1, 0.15) is 5.82 Å². The van der Waals surface area contributed by atoms with Gasteiger partial charge in [-0.05, 0) is 39.7 Å². The summed E-state index contributed by atoms with van der Waals surface area (Å²) >= 11 is 0. The Morgan fingerprint density at radius 3 is 2.75 bits per heavy atom. The molecule has 2 unspecified atom stereocenters. The van der Waals surface area contributed by atoms with E-state index in [0.29, 0.717) is 25.2 Å². The van der Waals surface area contributed by atoms with E-state index in [2.05, 4.69) is 4.90 Å². The Hall–Kier alpha value is -1.01. The SMILES string of the molecule is CC(C)(C)OCC(O)CN(Cc1ccccc1F)CC1CCCO1. The zero-order chi connectivity index (χ0) is 17.6. The molecule has 1 N–H and O–H groups in total. The summed E-state index contributed by atoms with van der Waals surface area (Å²) < 4.78 is 25.3. The van der Waals surface area contributed by atoms with E-state index < -0.39 is 6.10 Å². The molecule has 1 aromatic carbocycles. The molecule has 0 radical (unpaired) electrons. The minimum Gasteiger partial charge on any atom is -0.389 e. The van der Waals surface area contributed by atoms with Crippen LogP contribution in [-0.4, -0.2) is 54.1 Å². The van der Waals surface area contributed by atoms with Crippen LogP contribution in [-0.2, 0) is 16.0 Å². The molecule has 0 saturated carbocycles. The summed E-state index contributed by atoms with van der Waals surface area (Å²) in [6.07, 6.45) is 1.63. The summed E-state index contributed by atoms with van der Waals surface area (Å²) in [5.74, 6) is -0.213. The normalized spacial score (nSPS) is 19.8. The van der Waals surface area contributed by atoms with Crippen molar-refractivity contribution < 1.29 is 19.0 Å². The lowest BCUT2D eigenvalue weighted by Crippen LogP contribution is -2.40. The lowest BCUT2D eigenvalue weighted by atomic mass is 10.1. The molecular formula is C19H30FNO3. The molecule has 1 aromatic rings. The van der Waals surface area contributed by atoms with Crippen LogP contribution in [0.2, 0.25) is 0 Å². The second kappa shape index (κ2) is 8.90. The van der Waals surface area contributed by atoms with Crippen molar-refractivity contribution in [2.75, 3.05) is 26.3 Å². The highest BCUT2D eigenvalue weighted by atomic mass is 19.1. The zero-order valence-corrected chi connectivity index (χ0v) is 15.0. The van der Waals surface area contributed by atoms with Crippen LogP contribution in [0.1, 0.15) is 39.2 Å². The lowest BCUT2D eigenvalue weighted by molar-refractivity contribution is -0.0595. The fraction of sp³-hybridized carbons (Fsp3) is 0.684.